The zero-order valence-corrected chi connectivity index (χ0v) is 66.7. The first-order valence-electron chi connectivity index (χ1n) is 36.7. The van der Waals surface area contributed by atoms with Gasteiger partial charge in [-0.1, -0.05) is 205 Å². The lowest BCUT2D eigenvalue weighted by Crippen LogP contribution is -2.27. The van der Waals surface area contributed by atoms with Crippen LogP contribution in [0.2, 0.25) is 6.82 Å². The lowest BCUT2D eigenvalue weighted by molar-refractivity contribution is -0.0243. The van der Waals surface area contributed by atoms with Gasteiger partial charge in [0.15, 0.2) is 30.9 Å². The number of hydrogen-bond acceptors (Lipinski definition) is 17. The van der Waals surface area contributed by atoms with Crippen molar-refractivity contribution in [3.63, 3.8) is 0 Å². The van der Waals surface area contributed by atoms with Gasteiger partial charge in [-0.3, -0.25) is 19.6 Å². The summed E-state index contributed by atoms with van der Waals surface area (Å²) in [6.45, 7) is 41.2. The molecule has 0 saturated heterocycles. The minimum atomic E-state index is -2.85. The van der Waals surface area contributed by atoms with Crippen LogP contribution in [0.1, 0.15) is 278 Å². The van der Waals surface area contributed by atoms with Crippen LogP contribution in [-0.2, 0) is 31.3 Å². The highest BCUT2D eigenvalue weighted by molar-refractivity contribution is 6.67. The molecule has 2 aromatic carbocycles. The summed E-state index contributed by atoms with van der Waals surface area (Å²) in [5, 5.41) is 5.59. The van der Waals surface area contributed by atoms with Gasteiger partial charge >= 0.3 is 6.92 Å². The van der Waals surface area contributed by atoms with Gasteiger partial charge in [-0.2, -0.15) is 10.1 Å². The van der Waals surface area contributed by atoms with E-state index in [9.17, 15) is 13.2 Å². The lowest BCUT2D eigenvalue weighted by atomic mass is 9.63. The molecular formula is C90H136BF3N14O4. The summed E-state index contributed by atoms with van der Waals surface area (Å²) < 4.78 is 60.3. The molecule has 0 saturated carbocycles. The van der Waals surface area contributed by atoms with E-state index in [-0.39, 0.29) is 69.1 Å². The van der Waals surface area contributed by atoms with Gasteiger partial charge in [-0.25, -0.2) is 43.1 Å². The summed E-state index contributed by atoms with van der Waals surface area (Å²) >= 11 is 0. The molecule has 0 fully saturated rings. The molecule has 18 nitrogen and oxygen atoms in total. The fourth-order valence-corrected chi connectivity index (χ4v) is 10.7. The van der Waals surface area contributed by atoms with Gasteiger partial charge in [0.2, 0.25) is 5.88 Å². The lowest BCUT2D eigenvalue weighted by Gasteiger charge is -2.24. The van der Waals surface area contributed by atoms with Crippen LogP contribution in [0, 0.1) is 12.7 Å². The summed E-state index contributed by atoms with van der Waals surface area (Å²) in [7, 11) is 8.08. The molecule has 0 atom stereocenters. The third kappa shape index (κ3) is 33.4. The average molecular weight is 1550 g/mol. The molecule has 0 spiro atoms. The number of ether oxygens (including phenoxy) is 1. The van der Waals surface area contributed by atoms with Crippen molar-refractivity contribution in [1.82, 2.24) is 64.5 Å². The van der Waals surface area contributed by atoms with Crippen LogP contribution in [0.4, 0.5) is 19.0 Å². The Bertz CT molecular complexity index is 4280. The van der Waals surface area contributed by atoms with Crippen molar-refractivity contribution in [3.8, 4) is 28.7 Å². The normalized spacial score (nSPS) is 11.7. The maximum Gasteiger partial charge on any atom is 0.324 e. The largest absolute Gasteiger partial charge is 0.471 e. The maximum absolute atomic E-state index is 12.6. The summed E-state index contributed by atoms with van der Waals surface area (Å²) in [5.74, 6) is 4.59. The van der Waals surface area contributed by atoms with E-state index >= 15 is 0 Å². The van der Waals surface area contributed by atoms with E-state index in [1.807, 2.05) is 107 Å². The van der Waals surface area contributed by atoms with Crippen LogP contribution < -0.4 is 15.1 Å². The summed E-state index contributed by atoms with van der Waals surface area (Å²) in [6.07, 6.45) is 16.3. The van der Waals surface area contributed by atoms with Gasteiger partial charge in [0, 0.05) is 130 Å². The first-order valence-corrected chi connectivity index (χ1v) is 36.7. The van der Waals surface area contributed by atoms with Gasteiger partial charge in [0.1, 0.15) is 29.0 Å². The van der Waals surface area contributed by atoms with Crippen LogP contribution >= 0.6 is 0 Å². The topological polar surface area (TPSA) is 198 Å². The number of anilines is 1. The Morgan fingerprint density at radius 1 is 0.580 bits per heavy atom. The predicted octanol–water partition coefficient (Wildman–Crippen LogP) is 23.5. The second-order valence-corrected chi connectivity index (χ2v) is 29.4. The molecule has 22 heteroatoms. The maximum atomic E-state index is 12.6. The number of likely N-dealkylation sites (N-methyl/N-ethyl adjacent to an activating group) is 1. The number of benzene rings is 2. The van der Waals surface area contributed by atoms with E-state index in [2.05, 4.69) is 199 Å². The van der Waals surface area contributed by atoms with Crippen molar-refractivity contribution in [2.24, 2.45) is 7.05 Å². The van der Waals surface area contributed by atoms with Crippen molar-refractivity contribution in [2.45, 2.75) is 249 Å². The van der Waals surface area contributed by atoms with Gasteiger partial charge in [0.05, 0.1) is 30.7 Å². The molecule has 0 N–H and O–H groups in total. The van der Waals surface area contributed by atoms with Gasteiger partial charge in [-0.15, -0.1) is 0 Å². The van der Waals surface area contributed by atoms with Gasteiger partial charge < -0.3 is 28.0 Å². The van der Waals surface area contributed by atoms with Gasteiger partial charge in [-0.05, 0) is 131 Å². The molecule has 614 valence electrons. The molecule has 0 aliphatic carbocycles. The predicted molar refractivity (Wildman–Crippen MR) is 463 cm³/mol. The van der Waals surface area contributed by atoms with Crippen LogP contribution in [0.15, 0.2) is 162 Å². The van der Waals surface area contributed by atoms with E-state index in [0.717, 1.165) is 84.3 Å². The minimum Gasteiger partial charge on any atom is -0.471 e. The Morgan fingerprint density at radius 2 is 1.21 bits per heavy atom. The second kappa shape index (κ2) is 49.8. The van der Waals surface area contributed by atoms with Crippen LogP contribution in [-0.4, -0.2) is 112 Å². The van der Waals surface area contributed by atoms with Crippen molar-refractivity contribution >= 4 is 29.1 Å². The van der Waals surface area contributed by atoms with E-state index < -0.39 is 12.5 Å². The highest BCUT2D eigenvalue weighted by Crippen LogP contribution is 2.27. The molecular weight excluding hydrogens is 1410 g/mol. The van der Waals surface area contributed by atoms with E-state index in [1.54, 1.807) is 43.8 Å². The first kappa shape index (κ1) is 102. The van der Waals surface area contributed by atoms with Crippen LogP contribution in [0.3, 0.4) is 0 Å². The summed E-state index contributed by atoms with van der Waals surface area (Å²) in [6, 6.07) is 31.8. The fourth-order valence-electron chi connectivity index (χ4n) is 10.7. The third-order valence-electron chi connectivity index (χ3n) is 17.0. The molecule has 2 aliphatic rings. The number of aryl methyl sites for hydroxylation is 2. The number of pyridine rings is 4. The zero-order valence-electron chi connectivity index (χ0n) is 66.7. The Balaban J connectivity index is 0.00000125. The molecule has 112 heavy (non-hydrogen) atoms. The molecule has 13 rings (SSSR count). The molecule has 0 unspecified atom stereocenters. The Kier molecular flexibility index (Phi) is 45.5. The number of fused-ring (bicyclic) bond motifs is 3. The highest BCUT2D eigenvalue weighted by atomic mass is 19.3. The molecule has 0 bridgehead atoms. The fraction of sp³-hybridized carbons (Fsp3) is 0.478. The molecule has 0 radical (unpaired) electrons. The van der Waals surface area contributed by atoms with Crippen molar-refractivity contribution in [3.05, 3.63) is 227 Å². The number of halogens is 3. The van der Waals surface area contributed by atoms with Crippen LogP contribution in [0.5, 0.6) is 5.88 Å². The molecule has 11 heterocycles. The number of alkyl halides is 2. The summed E-state index contributed by atoms with van der Waals surface area (Å²) in [5.41, 5.74) is 16.4. The molecule has 2 aliphatic heterocycles. The van der Waals surface area contributed by atoms with Crippen LogP contribution in [0.25, 0.3) is 33.7 Å². The Morgan fingerprint density at radius 3 is 1.77 bits per heavy atom. The number of aromatic nitrogens is 12. The number of oxazole rings is 2. The number of rotatable bonds is 14. The van der Waals surface area contributed by atoms with Crippen molar-refractivity contribution < 1.29 is 31.4 Å². The standard InChI is InChI=1S/C12H18N2.C11H15BO.C11H16F2N2O.2C11H12N2O.C11H14N2.C9H15N3.C8H10FN.6CH4/c1-9(2)10-6-11-8-14(3)5-4-12(11)13-7-10;1-8(2)9-5-4-6-11-10(9)7-13-12(11)3;1-7(2)10-14-8(3)5-9(15-10)16-6-11(4,12)13;1-8(2)10-5-9(3-4-13-10)11-6-12-7-14-11;1-8(2)9-4-3-5-10(13-9)11-6-12-7-14-11;1-8(2)9-4-5-10-7-13(3)12-11(10)6-9;1-7(2)9-10-6-5-8(11-9)12(3)4;1-6(2)8-4-3-7(9)5-10-8;;;;;;/h6-7,9H,4-5,8H2,1-3H3;4-6,8H,7H2,1-3H3;5,7H,6H2,1-4H3;2*3-8H,1-2H3;4-8H,1-3H3;5-7H,1-4H3;3-6H,1-2H3;6*1H4. The third-order valence-corrected chi connectivity index (χ3v) is 17.0. The molecule has 0 amide bonds. The average Bonchev–Trinajstić information content (AvgIpc) is 1.64. The Hall–Kier alpha value is -9.54. The number of hydrogen-bond donors (Lipinski definition) is 0. The number of nitrogens with zero attached hydrogens (tertiary/aromatic N) is 14. The van der Waals surface area contributed by atoms with E-state index in [4.69, 9.17) is 18.2 Å². The van der Waals surface area contributed by atoms with E-state index in [0.29, 0.717) is 58.7 Å². The smallest absolute Gasteiger partial charge is 0.324 e. The molecule has 9 aromatic heterocycles. The van der Waals surface area contributed by atoms with Gasteiger partial charge in [0.25, 0.3) is 5.92 Å². The quantitative estimate of drug-likeness (QED) is 0.0931. The monoisotopic (exact) mass is 1550 g/mol. The second-order valence-electron chi connectivity index (χ2n) is 29.4. The van der Waals surface area contributed by atoms with E-state index in [1.165, 1.54) is 69.4 Å². The minimum absolute atomic E-state index is 0. The molecule has 11 aromatic rings. The Labute approximate surface area is 672 Å². The zero-order chi connectivity index (χ0) is 77.9. The SMILES string of the molecule is C.C.C.C.C.C.CB1OCc2c1cccc2C(C)C.CC(C)c1cc(-c2cnco2)ccn1.CC(C)c1ccc(F)cn1.CC(C)c1ccc2cn(C)nc2c1.CC(C)c1cccc(-c2cnco2)n1.CC(C)c1cnc2c(c1)CN(C)CC2.CC(C)c1nccc(N(C)C)n1.Cc1cc(OCC(C)(F)F)nc(C(C)C)n1. The summed E-state index contributed by atoms with van der Waals surface area (Å²) in [4.78, 5) is 46.1. The highest BCUT2D eigenvalue weighted by Gasteiger charge is 2.26. The van der Waals surface area contributed by atoms with Crippen molar-refractivity contribution in [1.29, 1.82) is 0 Å². The van der Waals surface area contributed by atoms with Crippen molar-refractivity contribution in [2.75, 3.05) is 39.2 Å². The first-order chi connectivity index (χ1) is 50.2.